The van der Waals surface area contributed by atoms with Gasteiger partial charge in [0.05, 0.1) is 16.9 Å². The summed E-state index contributed by atoms with van der Waals surface area (Å²) < 4.78 is 23.1. The first-order chi connectivity index (χ1) is 9.15. The van der Waals surface area contributed by atoms with Crippen LogP contribution in [0.5, 0.6) is 0 Å². The summed E-state index contributed by atoms with van der Waals surface area (Å²) in [7, 11) is -3.19. The Morgan fingerprint density at radius 1 is 1.45 bits per heavy atom. The molecule has 1 aliphatic rings. The summed E-state index contributed by atoms with van der Waals surface area (Å²) in [5.74, 6) is -1.71. The largest absolute Gasteiger partial charge is 0.480 e. The van der Waals surface area contributed by atoms with Crippen molar-refractivity contribution in [3.05, 3.63) is 0 Å². The zero-order chi connectivity index (χ0) is 15.6. The molecular weight excluding hydrogens is 284 g/mol. The quantitative estimate of drug-likeness (QED) is 0.680. The molecule has 0 radical (unpaired) electrons. The van der Waals surface area contributed by atoms with Crippen LogP contribution >= 0.6 is 0 Å². The summed E-state index contributed by atoms with van der Waals surface area (Å²) in [5.41, 5.74) is 4.77. The van der Waals surface area contributed by atoms with Crippen LogP contribution in [0.15, 0.2) is 0 Å². The lowest BCUT2D eigenvalue weighted by molar-refractivity contribution is -0.151. The van der Waals surface area contributed by atoms with E-state index in [-0.39, 0.29) is 30.4 Å². The van der Waals surface area contributed by atoms with Gasteiger partial charge in [-0.1, -0.05) is 6.92 Å². The molecule has 8 heteroatoms. The number of carboxylic acids is 1. The van der Waals surface area contributed by atoms with E-state index in [1.807, 2.05) is 0 Å². The van der Waals surface area contributed by atoms with Gasteiger partial charge >= 0.3 is 5.97 Å². The van der Waals surface area contributed by atoms with Crippen molar-refractivity contribution in [1.82, 2.24) is 4.90 Å². The predicted octanol–water partition coefficient (Wildman–Crippen LogP) is -0.538. The highest BCUT2D eigenvalue weighted by molar-refractivity contribution is 7.91. The van der Waals surface area contributed by atoms with E-state index in [1.54, 1.807) is 13.8 Å². The van der Waals surface area contributed by atoms with Crippen LogP contribution in [0.1, 0.15) is 26.7 Å². The Hall–Kier alpha value is -1.15. The maximum Gasteiger partial charge on any atom is 0.323 e. The normalized spacial score (nSPS) is 24.1. The average Bonchev–Trinajstić information content (AvgIpc) is 2.74. The minimum atomic E-state index is -3.19. The van der Waals surface area contributed by atoms with Crippen molar-refractivity contribution >= 4 is 21.7 Å². The Morgan fingerprint density at radius 2 is 2.05 bits per heavy atom. The van der Waals surface area contributed by atoms with Crippen LogP contribution in [0.25, 0.3) is 0 Å². The molecule has 20 heavy (non-hydrogen) atoms. The number of carbonyl (C=O) groups is 2. The SMILES string of the molecule is CCC(C)(CN)C(=O)N(CC(=O)O)C1CCS(=O)(=O)C1. The van der Waals surface area contributed by atoms with Gasteiger partial charge < -0.3 is 15.7 Å². The lowest BCUT2D eigenvalue weighted by atomic mass is 9.85. The molecule has 7 nitrogen and oxygen atoms in total. The molecule has 3 N–H and O–H groups in total. The van der Waals surface area contributed by atoms with E-state index in [0.717, 1.165) is 0 Å². The molecule has 1 rings (SSSR count). The Kier molecular flexibility index (Phi) is 5.15. The van der Waals surface area contributed by atoms with Crippen molar-refractivity contribution in [2.75, 3.05) is 24.6 Å². The molecule has 1 amide bonds. The van der Waals surface area contributed by atoms with Gasteiger partial charge in [-0.25, -0.2) is 8.42 Å². The number of carboxylic acid groups (broad SMARTS) is 1. The number of rotatable bonds is 6. The van der Waals surface area contributed by atoms with Crippen molar-refractivity contribution in [2.24, 2.45) is 11.1 Å². The molecule has 0 aliphatic carbocycles. The summed E-state index contributed by atoms with van der Waals surface area (Å²) in [6.07, 6.45) is 0.754. The molecule has 0 spiro atoms. The number of carbonyl (C=O) groups excluding carboxylic acids is 1. The van der Waals surface area contributed by atoms with Crippen LogP contribution in [-0.2, 0) is 19.4 Å². The first-order valence-electron chi connectivity index (χ1n) is 6.58. The second-order valence-corrected chi connectivity index (χ2v) is 7.73. The van der Waals surface area contributed by atoms with E-state index in [2.05, 4.69) is 0 Å². The van der Waals surface area contributed by atoms with Crippen LogP contribution in [0.3, 0.4) is 0 Å². The van der Waals surface area contributed by atoms with E-state index in [0.29, 0.717) is 6.42 Å². The third kappa shape index (κ3) is 3.69. The Labute approximate surface area is 119 Å². The maximum atomic E-state index is 12.5. The Balaban J connectivity index is 3.01. The minimum Gasteiger partial charge on any atom is -0.480 e. The molecule has 1 saturated heterocycles. The van der Waals surface area contributed by atoms with Crippen molar-refractivity contribution < 1.29 is 23.1 Å². The molecule has 1 heterocycles. The second-order valence-electron chi connectivity index (χ2n) is 5.50. The van der Waals surface area contributed by atoms with Gasteiger partial charge in [-0.05, 0) is 19.8 Å². The number of hydrogen-bond acceptors (Lipinski definition) is 5. The van der Waals surface area contributed by atoms with Gasteiger partial charge in [-0.2, -0.15) is 0 Å². The first kappa shape index (κ1) is 16.9. The molecule has 0 saturated carbocycles. The number of aliphatic carboxylic acids is 1. The highest BCUT2D eigenvalue weighted by Gasteiger charge is 2.41. The van der Waals surface area contributed by atoms with Gasteiger partial charge in [0.25, 0.3) is 0 Å². The van der Waals surface area contributed by atoms with Crippen molar-refractivity contribution in [1.29, 1.82) is 0 Å². The smallest absolute Gasteiger partial charge is 0.323 e. The lowest BCUT2D eigenvalue weighted by Crippen LogP contribution is -2.52. The number of amides is 1. The van der Waals surface area contributed by atoms with Crippen molar-refractivity contribution in [2.45, 2.75) is 32.7 Å². The number of hydrogen-bond donors (Lipinski definition) is 2. The minimum absolute atomic E-state index is 0.00741. The van der Waals surface area contributed by atoms with Crippen LogP contribution in [0.4, 0.5) is 0 Å². The van der Waals surface area contributed by atoms with E-state index >= 15 is 0 Å². The van der Waals surface area contributed by atoms with Gasteiger partial charge in [0.1, 0.15) is 6.54 Å². The molecule has 0 aromatic carbocycles. The summed E-state index contributed by atoms with van der Waals surface area (Å²) >= 11 is 0. The topological polar surface area (TPSA) is 118 Å². The fourth-order valence-electron chi connectivity index (χ4n) is 2.26. The molecule has 2 atom stereocenters. The van der Waals surface area contributed by atoms with Crippen molar-refractivity contribution in [3.63, 3.8) is 0 Å². The second kappa shape index (κ2) is 6.09. The predicted molar refractivity (Wildman–Crippen MR) is 73.9 cm³/mol. The molecule has 1 fully saturated rings. The standard InChI is InChI=1S/C12H22N2O5S/c1-3-12(2,8-13)11(17)14(6-10(15)16)9-4-5-20(18,19)7-9/h9H,3-8,13H2,1-2H3,(H,15,16). The zero-order valence-electron chi connectivity index (χ0n) is 11.8. The third-order valence-corrected chi connectivity index (χ3v) is 5.71. The molecular formula is C12H22N2O5S. The Bertz CT molecular complexity index is 484. The molecule has 2 unspecified atom stereocenters. The Morgan fingerprint density at radius 3 is 2.40 bits per heavy atom. The monoisotopic (exact) mass is 306 g/mol. The van der Waals surface area contributed by atoms with Crippen LogP contribution in [0.2, 0.25) is 0 Å². The molecule has 0 aromatic heterocycles. The van der Waals surface area contributed by atoms with E-state index in [4.69, 9.17) is 10.8 Å². The van der Waals surface area contributed by atoms with Gasteiger partial charge in [0.2, 0.25) is 5.91 Å². The van der Waals surface area contributed by atoms with E-state index in [1.165, 1.54) is 4.90 Å². The van der Waals surface area contributed by atoms with E-state index < -0.39 is 33.8 Å². The number of nitrogens with two attached hydrogens (primary N) is 1. The highest BCUT2D eigenvalue weighted by atomic mass is 32.2. The van der Waals surface area contributed by atoms with Gasteiger partial charge in [0.15, 0.2) is 9.84 Å². The average molecular weight is 306 g/mol. The summed E-state index contributed by atoms with van der Waals surface area (Å²) in [6, 6.07) is -0.568. The molecule has 1 aliphatic heterocycles. The summed E-state index contributed by atoms with van der Waals surface area (Å²) in [4.78, 5) is 24.7. The van der Waals surface area contributed by atoms with E-state index in [9.17, 15) is 18.0 Å². The van der Waals surface area contributed by atoms with Crippen molar-refractivity contribution in [3.8, 4) is 0 Å². The van der Waals surface area contributed by atoms with Gasteiger partial charge in [-0.3, -0.25) is 9.59 Å². The third-order valence-electron chi connectivity index (χ3n) is 3.96. The first-order valence-corrected chi connectivity index (χ1v) is 8.40. The fraction of sp³-hybridized carbons (Fsp3) is 0.833. The van der Waals surface area contributed by atoms with Gasteiger partial charge in [-0.15, -0.1) is 0 Å². The number of sulfone groups is 1. The van der Waals surface area contributed by atoms with Crippen LogP contribution in [0, 0.1) is 5.41 Å². The van der Waals surface area contributed by atoms with Crippen LogP contribution in [-0.4, -0.2) is 60.9 Å². The maximum absolute atomic E-state index is 12.5. The fourth-order valence-corrected chi connectivity index (χ4v) is 3.99. The number of nitrogens with zero attached hydrogens (tertiary/aromatic N) is 1. The van der Waals surface area contributed by atoms with Crippen LogP contribution < -0.4 is 5.73 Å². The highest BCUT2D eigenvalue weighted by Crippen LogP contribution is 2.27. The lowest BCUT2D eigenvalue weighted by Gasteiger charge is -2.35. The molecule has 0 bridgehead atoms. The van der Waals surface area contributed by atoms with Gasteiger partial charge in [0, 0.05) is 12.6 Å². The summed E-state index contributed by atoms with van der Waals surface area (Å²) in [6.45, 7) is 3.08. The summed E-state index contributed by atoms with van der Waals surface area (Å²) in [5, 5.41) is 8.96. The molecule has 116 valence electrons. The zero-order valence-corrected chi connectivity index (χ0v) is 12.6. The molecule has 0 aromatic rings.